The molecule has 2 aromatic rings. The Balaban J connectivity index is 2.50. The van der Waals surface area contributed by atoms with Crippen LogP contribution in [-0.2, 0) is 0 Å². The predicted molar refractivity (Wildman–Crippen MR) is 43.4 cm³/mol. The Bertz CT molecular complexity index is 427. The Morgan fingerprint density at radius 1 is 1.36 bits per heavy atom. The van der Waals surface area contributed by atoms with Crippen LogP contribution in [0.3, 0.4) is 0 Å². The molecule has 11 heavy (non-hydrogen) atoms. The van der Waals surface area contributed by atoms with Gasteiger partial charge >= 0.3 is 0 Å². The fourth-order valence-electron chi connectivity index (χ4n) is 1.72. The van der Waals surface area contributed by atoms with Crippen molar-refractivity contribution >= 4 is 17.4 Å². The van der Waals surface area contributed by atoms with Gasteiger partial charge in [-0.15, -0.1) is 0 Å². The third-order valence-electron chi connectivity index (χ3n) is 2.27. The van der Waals surface area contributed by atoms with Crippen molar-refractivity contribution in [3.63, 3.8) is 0 Å². The maximum atomic E-state index is 5.47. The lowest BCUT2D eigenvalue weighted by atomic mass is 10.1. The molecule has 3 heterocycles. The highest BCUT2D eigenvalue weighted by molar-refractivity contribution is 5.98. The minimum Gasteiger partial charge on any atom is -0.456 e. The Morgan fingerprint density at radius 2 is 2.18 bits per heavy atom. The van der Waals surface area contributed by atoms with Gasteiger partial charge < -0.3 is 4.42 Å². The molecule has 1 aliphatic rings. The van der Waals surface area contributed by atoms with Crippen molar-refractivity contribution in [2.75, 3.05) is 0 Å². The fourth-order valence-corrected chi connectivity index (χ4v) is 1.72. The van der Waals surface area contributed by atoms with Gasteiger partial charge in [-0.3, -0.25) is 4.99 Å². The number of hydrogen-bond donors (Lipinski definition) is 0. The predicted octanol–water partition coefficient (Wildman–Crippen LogP) is 2.36. The van der Waals surface area contributed by atoms with Crippen molar-refractivity contribution in [2.45, 2.75) is 13.0 Å². The van der Waals surface area contributed by atoms with Gasteiger partial charge in [0, 0.05) is 17.3 Å². The van der Waals surface area contributed by atoms with Crippen LogP contribution in [0, 0.1) is 0 Å². The summed E-state index contributed by atoms with van der Waals surface area (Å²) in [6.07, 6.45) is 1.91. The summed E-state index contributed by atoms with van der Waals surface area (Å²) in [5.41, 5.74) is 4.43. The average Bonchev–Trinajstić information content (AvgIpc) is 2.60. The van der Waals surface area contributed by atoms with Crippen LogP contribution in [0.5, 0.6) is 0 Å². The van der Waals surface area contributed by atoms with Gasteiger partial charge in [-0.05, 0) is 19.1 Å². The average molecular weight is 145 g/mol. The molecule has 0 amide bonds. The molecule has 2 heteroatoms. The number of furan rings is 2. The van der Waals surface area contributed by atoms with Crippen LogP contribution in [-0.4, -0.2) is 6.21 Å². The zero-order chi connectivity index (χ0) is 7.42. The Labute approximate surface area is 63.9 Å². The first-order chi connectivity index (χ1) is 5.36. The largest absolute Gasteiger partial charge is 0.456 e. The van der Waals surface area contributed by atoms with E-state index in [0.717, 1.165) is 11.2 Å². The summed E-state index contributed by atoms with van der Waals surface area (Å²) in [4.78, 5) is 4.30. The molecule has 0 saturated heterocycles. The van der Waals surface area contributed by atoms with E-state index in [1.807, 2.05) is 18.3 Å². The van der Waals surface area contributed by atoms with Crippen molar-refractivity contribution in [1.29, 1.82) is 0 Å². The highest BCUT2D eigenvalue weighted by atomic mass is 16.3. The summed E-state index contributed by atoms with van der Waals surface area (Å²) in [6.45, 7) is 2.09. The number of aliphatic imine (C=N–C) groups is 1. The Hall–Kier alpha value is -1.31. The summed E-state index contributed by atoms with van der Waals surface area (Å²) in [5.74, 6) is 0. The van der Waals surface area contributed by atoms with Crippen LogP contribution < -0.4 is 0 Å². The minimum atomic E-state index is 0.294. The van der Waals surface area contributed by atoms with Gasteiger partial charge in [0.2, 0.25) is 0 Å². The summed E-state index contributed by atoms with van der Waals surface area (Å²) in [5, 5.41) is 0. The SMILES string of the molecule is CC1N=Cc2c1c1ccc2o1. The molecule has 0 fully saturated rings. The molecule has 0 spiro atoms. The molecule has 0 aromatic carbocycles. The molecule has 0 N–H and O–H groups in total. The second-order valence-electron chi connectivity index (χ2n) is 2.95. The quantitative estimate of drug-likeness (QED) is 0.558. The molecule has 54 valence electrons. The fraction of sp³-hybridized carbons (Fsp3) is 0.222. The molecular formula is C9H7NO. The molecule has 0 saturated carbocycles. The lowest BCUT2D eigenvalue weighted by molar-refractivity contribution is 0.667. The number of fused-ring (bicyclic) bond motifs is 5. The molecule has 0 aliphatic carbocycles. The standard InChI is InChI=1S/C9H7NO/c1-5-9-6(4-10-5)7-2-3-8(9)11-7/h2-5H,1H3. The van der Waals surface area contributed by atoms with Crippen molar-refractivity contribution in [3.8, 4) is 0 Å². The van der Waals surface area contributed by atoms with E-state index in [2.05, 4.69) is 11.9 Å². The molecule has 1 aliphatic heterocycles. The maximum Gasteiger partial charge on any atom is 0.136 e. The van der Waals surface area contributed by atoms with Crippen molar-refractivity contribution < 1.29 is 4.42 Å². The van der Waals surface area contributed by atoms with Crippen LogP contribution >= 0.6 is 0 Å². The molecule has 1 atom stereocenters. The van der Waals surface area contributed by atoms with E-state index in [4.69, 9.17) is 4.42 Å². The van der Waals surface area contributed by atoms with Crippen LogP contribution in [0.15, 0.2) is 21.5 Å². The highest BCUT2D eigenvalue weighted by Gasteiger charge is 2.23. The second kappa shape index (κ2) is 1.47. The molecule has 2 bridgehead atoms. The topological polar surface area (TPSA) is 25.5 Å². The van der Waals surface area contributed by atoms with E-state index in [-0.39, 0.29) is 0 Å². The van der Waals surface area contributed by atoms with Gasteiger partial charge in [0.05, 0.1) is 6.04 Å². The highest BCUT2D eigenvalue weighted by Crippen LogP contribution is 2.37. The van der Waals surface area contributed by atoms with E-state index in [1.54, 1.807) is 0 Å². The minimum absolute atomic E-state index is 0.294. The normalized spacial score (nSPS) is 21.7. The van der Waals surface area contributed by atoms with E-state index < -0.39 is 0 Å². The molecule has 3 rings (SSSR count). The number of benzene rings is 1. The maximum absolute atomic E-state index is 5.47. The third-order valence-corrected chi connectivity index (χ3v) is 2.27. The number of nitrogens with zero attached hydrogens (tertiary/aromatic N) is 1. The van der Waals surface area contributed by atoms with Gasteiger partial charge in [-0.25, -0.2) is 0 Å². The second-order valence-corrected chi connectivity index (χ2v) is 2.95. The van der Waals surface area contributed by atoms with E-state index >= 15 is 0 Å². The number of rotatable bonds is 0. The first-order valence-corrected chi connectivity index (χ1v) is 3.74. The van der Waals surface area contributed by atoms with E-state index in [9.17, 15) is 0 Å². The Kier molecular flexibility index (Phi) is 0.716. The van der Waals surface area contributed by atoms with Crippen LogP contribution in [0.25, 0.3) is 11.2 Å². The zero-order valence-corrected chi connectivity index (χ0v) is 6.16. The first kappa shape index (κ1) is 5.35. The van der Waals surface area contributed by atoms with Crippen LogP contribution in [0.4, 0.5) is 0 Å². The van der Waals surface area contributed by atoms with Crippen molar-refractivity contribution in [3.05, 3.63) is 23.3 Å². The van der Waals surface area contributed by atoms with Crippen LogP contribution in [0.1, 0.15) is 24.1 Å². The number of hydrogen-bond acceptors (Lipinski definition) is 2. The van der Waals surface area contributed by atoms with Gasteiger partial charge in [-0.1, -0.05) is 0 Å². The van der Waals surface area contributed by atoms with Crippen LogP contribution in [0.2, 0.25) is 0 Å². The first-order valence-electron chi connectivity index (χ1n) is 3.74. The lowest BCUT2D eigenvalue weighted by Gasteiger charge is -1.96. The molecule has 1 unspecified atom stereocenters. The molecule has 0 radical (unpaired) electrons. The van der Waals surface area contributed by atoms with Crippen molar-refractivity contribution in [1.82, 2.24) is 0 Å². The van der Waals surface area contributed by atoms with E-state index in [0.29, 0.717) is 6.04 Å². The third kappa shape index (κ3) is 0.473. The summed E-state index contributed by atoms with van der Waals surface area (Å²) in [6, 6.07) is 4.31. The van der Waals surface area contributed by atoms with Gasteiger partial charge in [0.25, 0.3) is 0 Å². The summed E-state index contributed by atoms with van der Waals surface area (Å²) in [7, 11) is 0. The Morgan fingerprint density at radius 3 is 3.00 bits per heavy atom. The summed E-state index contributed by atoms with van der Waals surface area (Å²) < 4.78 is 5.47. The van der Waals surface area contributed by atoms with Crippen molar-refractivity contribution in [2.24, 2.45) is 4.99 Å². The van der Waals surface area contributed by atoms with Gasteiger partial charge in [-0.2, -0.15) is 0 Å². The van der Waals surface area contributed by atoms with Gasteiger partial charge in [0.15, 0.2) is 0 Å². The molecule has 2 aromatic heterocycles. The smallest absolute Gasteiger partial charge is 0.136 e. The summed E-state index contributed by atoms with van der Waals surface area (Å²) >= 11 is 0. The van der Waals surface area contributed by atoms with Gasteiger partial charge in [0.1, 0.15) is 11.2 Å². The lowest BCUT2D eigenvalue weighted by Crippen LogP contribution is -1.83. The monoisotopic (exact) mass is 145 g/mol. The zero-order valence-electron chi connectivity index (χ0n) is 6.16. The van der Waals surface area contributed by atoms with E-state index in [1.165, 1.54) is 11.1 Å². The molecular weight excluding hydrogens is 138 g/mol. The molecule has 2 nitrogen and oxygen atoms in total.